The Bertz CT molecular complexity index is 349. The zero-order valence-electron chi connectivity index (χ0n) is 14.6. The summed E-state index contributed by atoms with van der Waals surface area (Å²) in [5.74, 6) is 2.65. The summed E-state index contributed by atoms with van der Waals surface area (Å²) >= 11 is 0. The predicted octanol–water partition coefficient (Wildman–Crippen LogP) is 3.64. The molecule has 4 atom stereocenters. The van der Waals surface area contributed by atoms with Crippen molar-refractivity contribution in [1.82, 2.24) is 10.2 Å². The van der Waals surface area contributed by atoms with Crippen molar-refractivity contribution < 1.29 is 4.79 Å². The van der Waals surface area contributed by atoms with Gasteiger partial charge >= 0.3 is 0 Å². The van der Waals surface area contributed by atoms with E-state index in [2.05, 4.69) is 44.8 Å². The second-order valence-corrected chi connectivity index (χ2v) is 7.73. The van der Waals surface area contributed by atoms with Gasteiger partial charge in [-0.3, -0.25) is 10.1 Å². The third kappa shape index (κ3) is 3.61. The maximum Gasteiger partial charge on any atom is 0.241 e. The molecular weight excluding hydrogens is 260 g/mol. The summed E-state index contributed by atoms with van der Waals surface area (Å²) in [5, 5.41) is 3.70. The fraction of sp³-hybridized carbons (Fsp3) is 0.944. The third-order valence-electron chi connectivity index (χ3n) is 5.92. The van der Waals surface area contributed by atoms with Crippen molar-refractivity contribution in [3.8, 4) is 0 Å². The quantitative estimate of drug-likeness (QED) is 0.811. The summed E-state index contributed by atoms with van der Waals surface area (Å²) in [6, 6.07) is 0.0416. The van der Waals surface area contributed by atoms with Crippen LogP contribution in [0.3, 0.4) is 0 Å². The highest BCUT2D eigenvalue weighted by molar-refractivity contribution is 5.84. The second-order valence-electron chi connectivity index (χ2n) is 7.73. The van der Waals surface area contributed by atoms with Crippen LogP contribution in [0.2, 0.25) is 0 Å². The van der Waals surface area contributed by atoms with Crippen LogP contribution in [0.4, 0.5) is 0 Å². The topological polar surface area (TPSA) is 32.3 Å². The van der Waals surface area contributed by atoms with E-state index in [9.17, 15) is 4.79 Å². The third-order valence-corrected chi connectivity index (χ3v) is 5.92. The second kappa shape index (κ2) is 7.13. The minimum atomic E-state index is 0.0416. The summed E-state index contributed by atoms with van der Waals surface area (Å²) in [7, 11) is 0. The Morgan fingerprint density at radius 1 is 1.19 bits per heavy atom. The SMILES string of the molecule is CCC(C)C1NC(C2CCCC2)N(CC(C)C(C)C)C1=O. The summed E-state index contributed by atoms with van der Waals surface area (Å²) in [6.07, 6.45) is 6.58. The number of carbonyl (C=O) groups is 1. The van der Waals surface area contributed by atoms with E-state index in [0.717, 1.165) is 13.0 Å². The maximum atomic E-state index is 12.9. The van der Waals surface area contributed by atoms with Gasteiger partial charge in [-0.25, -0.2) is 0 Å². The molecule has 122 valence electrons. The molecule has 4 unspecified atom stereocenters. The highest BCUT2D eigenvalue weighted by Crippen LogP contribution is 2.34. The van der Waals surface area contributed by atoms with Gasteiger partial charge in [0, 0.05) is 6.54 Å². The molecule has 3 nitrogen and oxygen atoms in total. The standard InChI is InChI=1S/C18H34N2O/c1-6-13(4)16-18(21)20(11-14(5)12(2)3)17(19-16)15-9-7-8-10-15/h12-17,19H,6-11H2,1-5H3. The van der Waals surface area contributed by atoms with Crippen LogP contribution in [0.5, 0.6) is 0 Å². The van der Waals surface area contributed by atoms with E-state index in [0.29, 0.717) is 35.7 Å². The van der Waals surface area contributed by atoms with Crippen molar-refractivity contribution in [3.63, 3.8) is 0 Å². The Morgan fingerprint density at radius 2 is 1.81 bits per heavy atom. The molecular formula is C18H34N2O. The van der Waals surface area contributed by atoms with Crippen LogP contribution in [0.1, 0.15) is 66.7 Å². The lowest BCUT2D eigenvalue weighted by molar-refractivity contribution is -0.132. The first-order valence-corrected chi connectivity index (χ1v) is 9.02. The van der Waals surface area contributed by atoms with Gasteiger partial charge in [0.15, 0.2) is 0 Å². The highest BCUT2D eigenvalue weighted by Gasteiger charge is 2.44. The Kier molecular flexibility index (Phi) is 5.70. The van der Waals surface area contributed by atoms with Crippen LogP contribution in [0.15, 0.2) is 0 Å². The van der Waals surface area contributed by atoms with Crippen LogP contribution in [0.25, 0.3) is 0 Å². The lowest BCUT2D eigenvalue weighted by Crippen LogP contribution is -2.45. The summed E-state index contributed by atoms with van der Waals surface area (Å²) in [6.45, 7) is 12.1. The monoisotopic (exact) mass is 294 g/mol. The number of amides is 1. The van der Waals surface area contributed by atoms with Gasteiger partial charge < -0.3 is 4.90 Å². The molecule has 0 aromatic rings. The van der Waals surface area contributed by atoms with Gasteiger partial charge in [0.25, 0.3) is 0 Å². The maximum absolute atomic E-state index is 12.9. The molecule has 0 spiro atoms. The Hall–Kier alpha value is -0.570. The first kappa shape index (κ1) is 16.8. The molecule has 1 amide bonds. The first-order chi connectivity index (χ1) is 9.95. The minimum absolute atomic E-state index is 0.0416. The smallest absolute Gasteiger partial charge is 0.241 e. The molecule has 0 bridgehead atoms. The zero-order chi connectivity index (χ0) is 15.6. The average molecular weight is 294 g/mol. The lowest BCUT2D eigenvalue weighted by Gasteiger charge is -2.32. The van der Waals surface area contributed by atoms with Gasteiger partial charge in [-0.05, 0) is 36.5 Å². The predicted molar refractivity (Wildman–Crippen MR) is 87.8 cm³/mol. The zero-order valence-corrected chi connectivity index (χ0v) is 14.6. The number of carbonyl (C=O) groups excluding carboxylic acids is 1. The molecule has 1 N–H and O–H groups in total. The molecule has 3 heteroatoms. The first-order valence-electron chi connectivity index (χ1n) is 9.02. The van der Waals surface area contributed by atoms with Crippen molar-refractivity contribution in [2.45, 2.75) is 78.9 Å². The average Bonchev–Trinajstić information content (AvgIpc) is 3.07. The van der Waals surface area contributed by atoms with E-state index in [-0.39, 0.29) is 6.04 Å². The van der Waals surface area contributed by atoms with Crippen molar-refractivity contribution in [2.24, 2.45) is 23.7 Å². The molecule has 1 saturated carbocycles. The van der Waals surface area contributed by atoms with Gasteiger partial charge in [-0.1, -0.05) is 53.9 Å². The molecule has 2 aliphatic rings. The Balaban J connectivity index is 2.12. The van der Waals surface area contributed by atoms with Crippen LogP contribution < -0.4 is 5.32 Å². The fourth-order valence-electron chi connectivity index (χ4n) is 3.69. The van der Waals surface area contributed by atoms with E-state index >= 15 is 0 Å². The van der Waals surface area contributed by atoms with E-state index in [1.54, 1.807) is 0 Å². The van der Waals surface area contributed by atoms with E-state index in [4.69, 9.17) is 0 Å². The van der Waals surface area contributed by atoms with Gasteiger partial charge in [0.05, 0.1) is 12.2 Å². The molecule has 0 aromatic carbocycles. The molecule has 1 heterocycles. The van der Waals surface area contributed by atoms with Crippen molar-refractivity contribution in [1.29, 1.82) is 0 Å². The molecule has 2 fully saturated rings. The Labute approximate surface area is 130 Å². The van der Waals surface area contributed by atoms with E-state index in [1.807, 2.05) is 0 Å². The van der Waals surface area contributed by atoms with Gasteiger partial charge in [-0.2, -0.15) is 0 Å². The van der Waals surface area contributed by atoms with Crippen molar-refractivity contribution in [2.75, 3.05) is 6.54 Å². The normalized spacial score (nSPS) is 30.4. The van der Waals surface area contributed by atoms with Gasteiger partial charge in [0.2, 0.25) is 5.91 Å². The summed E-state index contributed by atoms with van der Waals surface area (Å²) in [5.41, 5.74) is 0. The molecule has 0 radical (unpaired) electrons. The van der Waals surface area contributed by atoms with Gasteiger partial charge in [-0.15, -0.1) is 0 Å². The highest BCUT2D eigenvalue weighted by atomic mass is 16.2. The van der Waals surface area contributed by atoms with Gasteiger partial charge in [0.1, 0.15) is 0 Å². The number of nitrogens with zero attached hydrogens (tertiary/aromatic N) is 1. The fourth-order valence-corrected chi connectivity index (χ4v) is 3.69. The molecule has 1 saturated heterocycles. The molecule has 1 aliphatic heterocycles. The summed E-state index contributed by atoms with van der Waals surface area (Å²) < 4.78 is 0. The number of hydrogen-bond acceptors (Lipinski definition) is 2. The van der Waals surface area contributed by atoms with Crippen LogP contribution >= 0.6 is 0 Å². The molecule has 1 aliphatic carbocycles. The van der Waals surface area contributed by atoms with E-state index in [1.165, 1.54) is 25.7 Å². The minimum Gasteiger partial charge on any atom is -0.325 e. The van der Waals surface area contributed by atoms with Crippen LogP contribution in [-0.2, 0) is 4.79 Å². The van der Waals surface area contributed by atoms with Crippen molar-refractivity contribution >= 4 is 5.91 Å². The number of rotatable bonds is 6. The summed E-state index contributed by atoms with van der Waals surface area (Å²) in [4.78, 5) is 15.1. The molecule has 21 heavy (non-hydrogen) atoms. The largest absolute Gasteiger partial charge is 0.325 e. The van der Waals surface area contributed by atoms with Crippen molar-refractivity contribution in [3.05, 3.63) is 0 Å². The Morgan fingerprint density at radius 3 is 2.33 bits per heavy atom. The van der Waals surface area contributed by atoms with Crippen LogP contribution in [-0.4, -0.2) is 29.6 Å². The van der Waals surface area contributed by atoms with Crippen LogP contribution in [0, 0.1) is 23.7 Å². The molecule has 2 rings (SSSR count). The lowest BCUT2D eigenvalue weighted by atomic mass is 9.96. The van der Waals surface area contributed by atoms with E-state index < -0.39 is 0 Å². The number of hydrogen-bond donors (Lipinski definition) is 1. The molecule has 0 aromatic heterocycles. The number of nitrogens with one attached hydrogen (secondary N) is 1.